The highest BCUT2D eigenvalue weighted by Crippen LogP contribution is 2.21. The zero-order valence-electron chi connectivity index (χ0n) is 12.3. The normalized spacial score (nSPS) is 12.3. The molecule has 3 N–H and O–H groups in total. The van der Waals surface area contributed by atoms with Crippen LogP contribution in [0, 0.1) is 12.8 Å². The van der Waals surface area contributed by atoms with Crippen LogP contribution in [0.4, 0.5) is 0 Å². The molecule has 112 valence electrons. The number of hydrogen-bond donors (Lipinski definition) is 3. The predicted octanol–water partition coefficient (Wildman–Crippen LogP) is 2.25. The molecule has 1 aromatic carbocycles. The highest BCUT2D eigenvalue weighted by atomic mass is 16.4. The quantitative estimate of drug-likeness (QED) is 0.762. The van der Waals surface area contributed by atoms with E-state index in [-0.39, 0.29) is 12.3 Å². The molecule has 0 fully saturated rings. The number of fused-ring (bicyclic) bond motifs is 1. The zero-order chi connectivity index (χ0) is 15.4. The van der Waals surface area contributed by atoms with Crippen molar-refractivity contribution in [3.8, 4) is 0 Å². The van der Waals surface area contributed by atoms with Gasteiger partial charge in [0.25, 0.3) is 0 Å². The number of aromatic amines is 1. The van der Waals surface area contributed by atoms with E-state index in [1.807, 2.05) is 12.3 Å². The summed E-state index contributed by atoms with van der Waals surface area (Å²) in [6, 6.07) is 6.13. The second kappa shape index (κ2) is 6.43. The first-order chi connectivity index (χ1) is 9.99. The smallest absolute Gasteiger partial charge is 0.304 e. The van der Waals surface area contributed by atoms with Crippen molar-refractivity contribution in [1.82, 2.24) is 10.3 Å². The van der Waals surface area contributed by atoms with Crippen molar-refractivity contribution in [2.24, 2.45) is 5.92 Å². The molecule has 0 aliphatic rings. The van der Waals surface area contributed by atoms with Crippen LogP contribution in [0.2, 0.25) is 0 Å². The standard InChI is InChI=1S/C16H20N2O3/c1-10-4-3-5-13-12(9-18-15(10)13)6-7-17-16(21)11(2)8-14(19)20/h3-5,9,11,18H,6-8H2,1-2H3,(H,17,21)(H,19,20). The van der Waals surface area contributed by atoms with Crippen molar-refractivity contribution >= 4 is 22.8 Å². The number of carbonyl (C=O) groups excluding carboxylic acids is 1. The summed E-state index contributed by atoms with van der Waals surface area (Å²) in [5.41, 5.74) is 3.47. The molecule has 5 heteroatoms. The second-order valence-corrected chi connectivity index (χ2v) is 5.35. The minimum Gasteiger partial charge on any atom is -0.481 e. The first kappa shape index (κ1) is 15.1. The molecule has 2 rings (SSSR count). The summed E-state index contributed by atoms with van der Waals surface area (Å²) in [5.74, 6) is -1.68. The third kappa shape index (κ3) is 3.62. The van der Waals surface area contributed by atoms with Crippen LogP contribution in [0.15, 0.2) is 24.4 Å². The monoisotopic (exact) mass is 288 g/mol. The van der Waals surface area contributed by atoms with Crippen LogP contribution in [-0.2, 0) is 16.0 Å². The van der Waals surface area contributed by atoms with Crippen molar-refractivity contribution in [2.75, 3.05) is 6.54 Å². The number of carbonyl (C=O) groups is 2. The van der Waals surface area contributed by atoms with Crippen LogP contribution in [0.25, 0.3) is 10.9 Å². The van der Waals surface area contributed by atoms with E-state index in [2.05, 4.69) is 29.4 Å². The number of para-hydroxylation sites is 1. The van der Waals surface area contributed by atoms with Gasteiger partial charge in [0.05, 0.1) is 6.42 Å². The van der Waals surface area contributed by atoms with Gasteiger partial charge >= 0.3 is 5.97 Å². The van der Waals surface area contributed by atoms with Gasteiger partial charge in [-0.25, -0.2) is 0 Å². The lowest BCUT2D eigenvalue weighted by molar-refractivity contribution is -0.140. The Morgan fingerprint density at radius 3 is 2.86 bits per heavy atom. The molecule has 1 aromatic heterocycles. The van der Waals surface area contributed by atoms with Gasteiger partial charge in [0.15, 0.2) is 0 Å². The lowest BCUT2D eigenvalue weighted by Crippen LogP contribution is -2.31. The number of aromatic nitrogens is 1. The van der Waals surface area contributed by atoms with Gasteiger partial charge in [0.1, 0.15) is 0 Å². The van der Waals surface area contributed by atoms with E-state index < -0.39 is 11.9 Å². The van der Waals surface area contributed by atoms with Gasteiger partial charge < -0.3 is 15.4 Å². The number of nitrogens with one attached hydrogen (secondary N) is 2. The SMILES string of the molecule is Cc1cccc2c(CCNC(=O)C(C)CC(=O)O)c[nH]c12. The molecule has 0 saturated heterocycles. The van der Waals surface area contributed by atoms with Gasteiger partial charge in [-0.05, 0) is 24.5 Å². The molecule has 5 nitrogen and oxygen atoms in total. The summed E-state index contributed by atoms with van der Waals surface area (Å²) >= 11 is 0. The van der Waals surface area contributed by atoms with Crippen LogP contribution in [0.1, 0.15) is 24.5 Å². The Labute approximate surface area is 123 Å². The largest absolute Gasteiger partial charge is 0.481 e. The Morgan fingerprint density at radius 2 is 2.14 bits per heavy atom. The third-order valence-electron chi connectivity index (χ3n) is 3.63. The fourth-order valence-electron chi connectivity index (χ4n) is 2.42. The van der Waals surface area contributed by atoms with Crippen molar-refractivity contribution < 1.29 is 14.7 Å². The first-order valence-corrected chi connectivity index (χ1v) is 7.04. The highest BCUT2D eigenvalue weighted by Gasteiger charge is 2.16. The van der Waals surface area contributed by atoms with Gasteiger partial charge in [-0.3, -0.25) is 9.59 Å². The van der Waals surface area contributed by atoms with E-state index in [1.54, 1.807) is 6.92 Å². The lowest BCUT2D eigenvalue weighted by atomic mass is 10.1. The number of carboxylic acid groups (broad SMARTS) is 1. The maximum Gasteiger partial charge on any atom is 0.304 e. The molecule has 0 aliphatic carbocycles. The number of aliphatic carboxylic acids is 1. The maximum atomic E-state index is 11.7. The van der Waals surface area contributed by atoms with Gasteiger partial charge in [-0.2, -0.15) is 0 Å². The summed E-state index contributed by atoms with van der Waals surface area (Å²) in [4.78, 5) is 25.6. The first-order valence-electron chi connectivity index (χ1n) is 7.04. The van der Waals surface area contributed by atoms with E-state index in [0.717, 1.165) is 17.5 Å². The Morgan fingerprint density at radius 1 is 1.38 bits per heavy atom. The third-order valence-corrected chi connectivity index (χ3v) is 3.63. The van der Waals surface area contributed by atoms with Crippen LogP contribution >= 0.6 is 0 Å². The van der Waals surface area contributed by atoms with E-state index in [9.17, 15) is 9.59 Å². The minimum atomic E-state index is -0.954. The fraction of sp³-hybridized carbons (Fsp3) is 0.375. The van der Waals surface area contributed by atoms with Gasteiger partial charge in [0, 0.05) is 29.6 Å². The fourth-order valence-corrected chi connectivity index (χ4v) is 2.42. The Hall–Kier alpha value is -2.30. The zero-order valence-corrected chi connectivity index (χ0v) is 12.3. The summed E-state index contributed by atoms with van der Waals surface area (Å²) in [6.07, 6.45) is 2.54. The molecular formula is C16H20N2O3. The van der Waals surface area contributed by atoms with Gasteiger partial charge in [-0.1, -0.05) is 25.1 Å². The van der Waals surface area contributed by atoms with Crippen molar-refractivity contribution in [3.63, 3.8) is 0 Å². The molecule has 1 unspecified atom stereocenters. The number of amides is 1. The molecule has 0 saturated carbocycles. The predicted molar refractivity (Wildman–Crippen MR) is 81.2 cm³/mol. The average Bonchev–Trinajstić information content (AvgIpc) is 2.83. The summed E-state index contributed by atoms with van der Waals surface area (Å²) in [5, 5.41) is 12.6. The molecule has 2 aromatic rings. The van der Waals surface area contributed by atoms with E-state index in [1.165, 1.54) is 10.9 Å². The van der Waals surface area contributed by atoms with Crippen molar-refractivity contribution in [3.05, 3.63) is 35.5 Å². The van der Waals surface area contributed by atoms with Crippen molar-refractivity contribution in [2.45, 2.75) is 26.7 Å². The molecule has 21 heavy (non-hydrogen) atoms. The molecule has 1 atom stereocenters. The maximum absolute atomic E-state index is 11.7. The molecular weight excluding hydrogens is 268 g/mol. The van der Waals surface area contributed by atoms with E-state index in [4.69, 9.17) is 5.11 Å². The number of rotatable bonds is 6. The van der Waals surface area contributed by atoms with Crippen LogP contribution < -0.4 is 5.32 Å². The number of aryl methyl sites for hydroxylation is 1. The van der Waals surface area contributed by atoms with Crippen LogP contribution in [0.5, 0.6) is 0 Å². The van der Waals surface area contributed by atoms with Crippen molar-refractivity contribution in [1.29, 1.82) is 0 Å². The summed E-state index contributed by atoms with van der Waals surface area (Å²) in [7, 11) is 0. The molecule has 0 bridgehead atoms. The van der Waals surface area contributed by atoms with E-state index >= 15 is 0 Å². The minimum absolute atomic E-state index is 0.141. The number of H-pyrrole nitrogens is 1. The Kier molecular flexibility index (Phi) is 4.62. The second-order valence-electron chi connectivity index (χ2n) is 5.35. The number of hydrogen-bond acceptors (Lipinski definition) is 2. The lowest BCUT2D eigenvalue weighted by Gasteiger charge is -2.09. The topological polar surface area (TPSA) is 82.2 Å². The molecule has 0 spiro atoms. The number of carboxylic acids is 1. The molecule has 0 aliphatic heterocycles. The Balaban J connectivity index is 1.92. The molecule has 1 heterocycles. The molecule has 0 radical (unpaired) electrons. The van der Waals surface area contributed by atoms with Gasteiger partial charge in [-0.15, -0.1) is 0 Å². The van der Waals surface area contributed by atoms with Crippen LogP contribution in [-0.4, -0.2) is 28.5 Å². The van der Waals surface area contributed by atoms with E-state index in [0.29, 0.717) is 6.54 Å². The average molecular weight is 288 g/mol. The highest BCUT2D eigenvalue weighted by molar-refractivity contribution is 5.86. The summed E-state index contributed by atoms with van der Waals surface area (Å²) < 4.78 is 0. The molecule has 1 amide bonds. The van der Waals surface area contributed by atoms with Crippen LogP contribution in [0.3, 0.4) is 0 Å². The van der Waals surface area contributed by atoms with Gasteiger partial charge in [0.2, 0.25) is 5.91 Å². The Bertz CT molecular complexity index is 661. The number of benzene rings is 1. The summed E-state index contributed by atoms with van der Waals surface area (Å²) in [6.45, 7) is 4.18.